The van der Waals surface area contributed by atoms with E-state index >= 15 is 0 Å². The molecular formula is C18H27NO3S. The number of hydrogen-bond donors (Lipinski definition) is 0. The molecule has 0 aliphatic carbocycles. The van der Waals surface area contributed by atoms with Crippen molar-refractivity contribution in [1.82, 2.24) is 4.31 Å². The van der Waals surface area contributed by atoms with E-state index in [1.807, 2.05) is 6.92 Å². The Morgan fingerprint density at radius 3 is 2.39 bits per heavy atom. The van der Waals surface area contributed by atoms with Gasteiger partial charge in [0.2, 0.25) is 10.0 Å². The van der Waals surface area contributed by atoms with Gasteiger partial charge in [-0.25, -0.2) is 8.42 Å². The van der Waals surface area contributed by atoms with E-state index < -0.39 is 16.3 Å². The average Bonchev–Trinajstić information content (AvgIpc) is 2.54. The molecule has 0 N–H and O–H groups in total. The molecule has 1 atom stereocenters. The van der Waals surface area contributed by atoms with Gasteiger partial charge in [-0.1, -0.05) is 50.1 Å². The van der Waals surface area contributed by atoms with Gasteiger partial charge in [-0.05, 0) is 31.6 Å². The molecule has 128 valence electrons. The molecule has 0 aliphatic heterocycles. The Kier molecular flexibility index (Phi) is 8.23. The Labute approximate surface area is 140 Å². The van der Waals surface area contributed by atoms with Crippen molar-refractivity contribution in [2.75, 3.05) is 13.2 Å². The number of nitrogens with zero attached hydrogens (tertiary/aromatic N) is 1. The van der Waals surface area contributed by atoms with Crippen LogP contribution in [0.1, 0.15) is 31.7 Å². The molecule has 1 rings (SSSR count). The highest BCUT2D eigenvalue weighted by atomic mass is 32.2. The van der Waals surface area contributed by atoms with Crippen LogP contribution in [0.2, 0.25) is 0 Å². The lowest BCUT2D eigenvalue weighted by molar-refractivity contribution is 0.0165. The number of rotatable bonds is 11. The first-order valence-corrected chi connectivity index (χ1v) is 9.35. The summed E-state index contributed by atoms with van der Waals surface area (Å²) in [7, 11) is -3.67. The molecule has 23 heavy (non-hydrogen) atoms. The lowest BCUT2D eigenvalue weighted by atomic mass is 10.2. The second-order valence-corrected chi connectivity index (χ2v) is 7.27. The highest BCUT2D eigenvalue weighted by molar-refractivity contribution is 7.89. The maximum absolute atomic E-state index is 12.9. The number of sulfonamides is 1. The summed E-state index contributed by atoms with van der Waals surface area (Å²) < 4.78 is 32.7. The summed E-state index contributed by atoms with van der Waals surface area (Å²) >= 11 is 0. The van der Waals surface area contributed by atoms with Crippen LogP contribution in [0.4, 0.5) is 0 Å². The Morgan fingerprint density at radius 1 is 1.22 bits per heavy atom. The van der Waals surface area contributed by atoms with Crippen molar-refractivity contribution in [3.8, 4) is 0 Å². The number of unbranched alkanes of at least 4 members (excludes halogenated alkanes) is 2. The van der Waals surface area contributed by atoms with Crippen molar-refractivity contribution >= 4 is 10.0 Å². The van der Waals surface area contributed by atoms with Crippen molar-refractivity contribution in [2.24, 2.45) is 0 Å². The topological polar surface area (TPSA) is 46.6 Å². The van der Waals surface area contributed by atoms with Gasteiger partial charge < -0.3 is 4.74 Å². The molecule has 0 saturated carbocycles. The molecule has 0 saturated heterocycles. The second-order valence-electron chi connectivity index (χ2n) is 5.38. The minimum atomic E-state index is -3.67. The first-order valence-electron chi connectivity index (χ1n) is 7.91. The predicted octanol–water partition coefficient (Wildman–Crippen LogP) is 3.89. The Morgan fingerprint density at radius 2 is 1.87 bits per heavy atom. The van der Waals surface area contributed by atoms with Crippen LogP contribution in [0.25, 0.3) is 0 Å². The summed E-state index contributed by atoms with van der Waals surface area (Å²) in [6, 6.07) is 6.78. The zero-order valence-electron chi connectivity index (χ0n) is 14.1. The lowest BCUT2D eigenvalue weighted by Crippen LogP contribution is -2.41. The lowest BCUT2D eigenvalue weighted by Gasteiger charge is -2.28. The number of aryl methyl sites for hydroxylation is 1. The van der Waals surface area contributed by atoms with E-state index in [0.717, 1.165) is 24.8 Å². The predicted molar refractivity (Wildman–Crippen MR) is 94.7 cm³/mol. The van der Waals surface area contributed by atoms with Gasteiger partial charge in [-0.2, -0.15) is 4.31 Å². The monoisotopic (exact) mass is 337 g/mol. The molecule has 0 amide bonds. The zero-order chi connectivity index (χ0) is 17.3. The average molecular weight is 337 g/mol. The Balaban J connectivity index is 2.99. The quantitative estimate of drug-likeness (QED) is 0.350. The van der Waals surface area contributed by atoms with Crippen molar-refractivity contribution in [3.05, 3.63) is 55.1 Å². The van der Waals surface area contributed by atoms with Gasteiger partial charge in [0.15, 0.2) is 0 Å². The standard InChI is InChI=1S/C18H27NO3S/c1-5-8-9-15-22-18(7-3)19(14-6-2)23(20,21)17-12-10-16(4)11-13-17/h6-7,10-13,18H,2-3,5,8-9,14-15H2,1,4H3/t18-/m0/s1. The third-order valence-electron chi connectivity index (χ3n) is 3.46. The molecule has 0 unspecified atom stereocenters. The molecule has 5 heteroatoms. The van der Waals surface area contributed by atoms with E-state index in [2.05, 4.69) is 20.1 Å². The fourth-order valence-corrected chi connectivity index (χ4v) is 3.61. The maximum atomic E-state index is 12.9. The van der Waals surface area contributed by atoms with Gasteiger partial charge in [-0.3, -0.25) is 0 Å². The van der Waals surface area contributed by atoms with E-state index in [1.165, 1.54) is 10.4 Å². The first-order chi connectivity index (χ1) is 11.0. The van der Waals surface area contributed by atoms with Crippen LogP contribution in [0.5, 0.6) is 0 Å². The molecule has 0 spiro atoms. The fourth-order valence-electron chi connectivity index (χ4n) is 2.14. The molecule has 0 fully saturated rings. The summed E-state index contributed by atoms with van der Waals surface area (Å²) in [5.41, 5.74) is 1.01. The van der Waals surface area contributed by atoms with Gasteiger partial charge in [0.05, 0.1) is 4.90 Å². The van der Waals surface area contributed by atoms with Crippen LogP contribution < -0.4 is 0 Å². The Bertz CT molecular complexity index is 593. The summed E-state index contributed by atoms with van der Waals surface area (Å²) in [4.78, 5) is 0.244. The van der Waals surface area contributed by atoms with Crippen molar-refractivity contribution in [2.45, 2.75) is 44.2 Å². The summed E-state index contributed by atoms with van der Waals surface area (Å²) in [5.74, 6) is 0. The third-order valence-corrected chi connectivity index (χ3v) is 5.30. The van der Waals surface area contributed by atoms with Crippen LogP contribution in [0.15, 0.2) is 54.5 Å². The molecule has 4 nitrogen and oxygen atoms in total. The molecule has 0 aliphatic rings. The van der Waals surface area contributed by atoms with E-state index in [0.29, 0.717) is 6.61 Å². The van der Waals surface area contributed by atoms with E-state index in [4.69, 9.17) is 4.74 Å². The van der Waals surface area contributed by atoms with Gasteiger partial charge in [0, 0.05) is 13.2 Å². The van der Waals surface area contributed by atoms with Crippen LogP contribution in [0, 0.1) is 6.92 Å². The minimum absolute atomic E-state index is 0.167. The van der Waals surface area contributed by atoms with E-state index in [-0.39, 0.29) is 11.4 Å². The Hall–Kier alpha value is -1.43. The molecule has 0 heterocycles. The number of hydrogen-bond acceptors (Lipinski definition) is 3. The largest absolute Gasteiger partial charge is 0.358 e. The van der Waals surface area contributed by atoms with Gasteiger partial charge in [-0.15, -0.1) is 6.58 Å². The first kappa shape index (κ1) is 19.6. The molecule has 1 aromatic rings. The molecular weight excluding hydrogens is 310 g/mol. The normalized spacial score (nSPS) is 13.0. The van der Waals surface area contributed by atoms with Crippen molar-refractivity contribution in [1.29, 1.82) is 0 Å². The van der Waals surface area contributed by atoms with Crippen molar-refractivity contribution < 1.29 is 13.2 Å². The second kappa shape index (κ2) is 9.65. The zero-order valence-corrected chi connectivity index (χ0v) is 14.9. The fraction of sp³-hybridized carbons (Fsp3) is 0.444. The van der Waals surface area contributed by atoms with Gasteiger partial charge in [0.1, 0.15) is 6.23 Å². The summed E-state index contributed by atoms with van der Waals surface area (Å²) in [5, 5.41) is 0. The van der Waals surface area contributed by atoms with Crippen LogP contribution in [0.3, 0.4) is 0 Å². The van der Waals surface area contributed by atoms with Gasteiger partial charge >= 0.3 is 0 Å². The van der Waals surface area contributed by atoms with Crippen LogP contribution in [-0.2, 0) is 14.8 Å². The molecule has 0 bridgehead atoms. The smallest absolute Gasteiger partial charge is 0.245 e. The highest BCUT2D eigenvalue weighted by Crippen LogP contribution is 2.20. The molecule has 0 radical (unpaired) electrons. The molecule has 1 aromatic carbocycles. The van der Waals surface area contributed by atoms with Crippen molar-refractivity contribution in [3.63, 3.8) is 0 Å². The van der Waals surface area contributed by atoms with E-state index in [1.54, 1.807) is 30.3 Å². The van der Waals surface area contributed by atoms with E-state index in [9.17, 15) is 8.42 Å². The SMILES string of the molecule is C=CCN([C@H](C=C)OCCCCC)S(=O)(=O)c1ccc(C)cc1. The van der Waals surface area contributed by atoms with Crippen LogP contribution >= 0.6 is 0 Å². The highest BCUT2D eigenvalue weighted by Gasteiger charge is 2.29. The number of ether oxygens (including phenoxy) is 1. The third kappa shape index (κ3) is 5.61. The summed E-state index contributed by atoms with van der Waals surface area (Å²) in [6.45, 7) is 12.1. The maximum Gasteiger partial charge on any atom is 0.245 e. The summed E-state index contributed by atoms with van der Waals surface area (Å²) in [6.07, 6.45) is 5.40. The molecule has 0 aromatic heterocycles. The van der Waals surface area contributed by atoms with Crippen LogP contribution in [-0.4, -0.2) is 32.1 Å². The number of benzene rings is 1. The van der Waals surface area contributed by atoms with Gasteiger partial charge in [0.25, 0.3) is 0 Å². The minimum Gasteiger partial charge on any atom is -0.358 e.